The Kier molecular flexibility index (Phi) is 4.40. The molecule has 1 N–H and O–H groups in total. The number of halogens is 1. The van der Waals surface area contributed by atoms with Gasteiger partial charge in [0, 0.05) is 0 Å². The van der Waals surface area contributed by atoms with Crippen LogP contribution in [-0.4, -0.2) is 11.2 Å². The van der Waals surface area contributed by atoms with Crippen molar-refractivity contribution in [3.8, 4) is 0 Å². The Labute approximate surface area is 121 Å². The maximum absolute atomic E-state index is 13.0. The molecular formula is C18H25FO. The van der Waals surface area contributed by atoms with Crippen LogP contribution in [0.3, 0.4) is 0 Å². The van der Waals surface area contributed by atoms with Crippen LogP contribution >= 0.6 is 0 Å². The van der Waals surface area contributed by atoms with Gasteiger partial charge in [-0.05, 0) is 86.8 Å². The first kappa shape index (κ1) is 14.1. The van der Waals surface area contributed by atoms with Crippen LogP contribution in [0.2, 0.25) is 0 Å². The zero-order valence-corrected chi connectivity index (χ0v) is 12.1. The highest BCUT2D eigenvalue weighted by atomic mass is 19.1. The third-order valence-electron chi connectivity index (χ3n) is 5.52. The van der Waals surface area contributed by atoms with Crippen LogP contribution in [-0.2, 0) is 0 Å². The minimum absolute atomic E-state index is 0.0400. The second-order valence-corrected chi connectivity index (χ2v) is 6.73. The molecule has 0 radical (unpaired) electrons. The standard InChI is InChI=1S/C18H25FO/c19-17-9-5-15(6-10-17)13-1-3-14(4-2-13)16-7-11-18(20)12-8-16/h5-6,9-10,13-14,16,18,20H,1-4,7-8,11-12H2. The molecule has 0 aliphatic heterocycles. The Morgan fingerprint density at radius 3 is 1.80 bits per heavy atom. The average molecular weight is 276 g/mol. The number of hydrogen-bond acceptors (Lipinski definition) is 1. The Morgan fingerprint density at radius 2 is 1.25 bits per heavy atom. The van der Waals surface area contributed by atoms with E-state index in [1.165, 1.54) is 44.1 Å². The van der Waals surface area contributed by atoms with Crippen molar-refractivity contribution in [1.29, 1.82) is 0 Å². The first-order chi connectivity index (χ1) is 9.72. The molecule has 1 aromatic carbocycles. The van der Waals surface area contributed by atoms with Crippen molar-refractivity contribution in [2.24, 2.45) is 11.8 Å². The smallest absolute Gasteiger partial charge is 0.123 e. The molecule has 0 amide bonds. The normalized spacial score (nSPS) is 34.9. The van der Waals surface area contributed by atoms with E-state index in [2.05, 4.69) is 0 Å². The summed E-state index contributed by atoms with van der Waals surface area (Å²) >= 11 is 0. The van der Waals surface area contributed by atoms with E-state index >= 15 is 0 Å². The average Bonchev–Trinajstić information content (AvgIpc) is 2.49. The van der Waals surface area contributed by atoms with Crippen molar-refractivity contribution < 1.29 is 9.50 Å². The van der Waals surface area contributed by atoms with Crippen molar-refractivity contribution in [3.63, 3.8) is 0 Å². The maximum Gasteiger partial charge on any atom is 0.123 e. The van der Waals surface area contributed by atoms with Crippen LogP contribution in [0.1, 0.15) is 62.8 Å². The van der Waals surface area contributed by atoms with E-state index in [0.29, 0.717) is 5.92 Å². The van der Waals surface area contributed by atoms with Crippen molar-refractivity contribution >= 4 is 0 Å². The number of aliphatic hydroxyl groups excluding tert-OH is 1. The summed E-state index contributed by atoms with van der Waals surface area (Å²) in [4.78, 5) is 0. The van der Waals surface area contributed by atoms with Crippen LogP contribution in [0.25, 0.3) is 0 Å². The van der Waals surface area contributed by atoms with Gasteiger partial charge in [0.15, 0.2) is 0 Å². The predicted molar refractivity (Wildman–Crippen MR) is 79.1 cm³/mol. The van der Waals surface area contributed by atoms with Gasteiger partial charge in [-0.3, -0.25) is 0 Å². The van der Waals surface area contributed by atoms with Gasteiger partial charge in [-0.15, -0.1) is 0 Å². The lowest BCUT2D eigenvalue weighted by Crippen LogP contribution is -2.26. The Morgan fingerprint density at radius 1 is 0.750 bits per heavy atom. The van der Waals surface area contributed by atoms with Gasteiger partial charge in [0.2, 0.25) is 0 Å². The molecule has 110 valence electrons. The van der Waals surface area contributed by atoms with E-state index in [4.69, 9.17) is 0 Å². The Balaban J connectivity index is 1.53. The fraction of sp³-hybridized carbons (Fsp3) is 0.667. The number of benzene rings is 1. The SMILES string of the molecule is OC1CCC(C2CCC(c3ccc(F)cc3)CC2)CC1. The van der Waals surface area contributed by atoms with Gasteiger partial charge in [0.1, 0.15) is 5.82 Å². The second-order valence-electron chi connectivity index (χ2n) is 6.73. The minimum atomic E-state index is -0.136. The summed E-state index contributed by atoms with van der Waals surface area (Å²) in [7, 11) is 0. The summed E-state index contributed by atoms with van der Waals surface area (Å²) in [5, 5.41) is 9.61. The highest BCUT2D eigenvalue weighted by Gasteiger charge is 2.30. The molecular weight excluding hydrogens is 251 g/mol. The molecule has 0 heterocycles. The van der Waals surface area contributed by atoms with Gasteiger partial charge >= 0.3 is 0 Å². The Hall–Kier alpha value is -0.890. The van der Waals surface area contributed by atoms with Crippen molar-refractivity contribution in [2.45, 2.75) is 63.4 Å². The quantitative estimate of drug-likeness (QED) is 0.833. The summed E-state index contributed by atoms with van der Waals surface area (Å²) in [6, 6.07) is 7.09. The maximum atomic E-state index is 13.0. The fourth-order valence-corrected chi connectivity index (χ4v) is 4.23. The first-order valence-electron chi connectivity index (χ1n) is 8.16. The fourth-order valence-electron chi connectivity index (χ4n) is 4.23. The van der Waals surface area contributed by atoms with Crippen LogP contribution in [0.5, 0.6) is 0 Å². The third kappa shape index (κ3) is 3.22. The lowest BCUT2D eigenvalue weighted by molar-refractivity contribution is 0.0805. The van der Waals surface area contributed by atoms with E-state index in [9.17, 15) is 9.50 Å². The molecule has 0 bridgehead atoms. The van der Waals surface area contributed by atoms with E-state index in [1.54, 1.807) is 12.1 Å². The van der Waals surface area contributed by atoms with Crippen LogP contribution in [0.4, 0.5) is 4.39 Å². The molecule has 2 saturated carbocycles. The van der Waals surface area contributed by atoms with Crippen LogP contribution in [0, 0.1) is 17.7 Å². The molecule has 0 saturated heterocycles. The van der Waals surface area contributed by atoms with Gasteiger partial charge in [0.25, 0.3) is 0 Å². The predicted octanol–water partition coefficient (Wildman–Crippen LogP) is 4.65. The highest BCUT2D eigenvalue weighted by Crippen LogP contribution is 2.42. The molecule has 0 atom stereocenters. The van der Waals surface area contributed by atoms with Gasteiger partial charge in [-0.2, -0.15) is 0 Å². The second kappa shape index (κ2) is 6.26. The van der Waals surface area contributed by atoms with E-state index < -0.39 is 0 Å². The summed E-state index contributed by atoms with van der Waals surface area (Å²) in [5.41, 5.74) is 1.31. The largest absolute Gasteiger partial charge is 0.393 e. The lowest BCUT2D eigenvalue weighted by atomic mass is 9.69. The number of aliphatic hydroxyl groups is 1. The zero-order valence-electron chi connectivity index (χ0n) is 12.1. The molecule has 20 heavy (non-hydrogen) atoms. The summed E-state index contributed by atoms with van der Waals surface area (Å²) < 4.78 is 13.0. The monoisotopic (exact) mass is 276 g/mol. The molecule has 0 unspecified atom stereocenters. The molecule has 2 aliphatic carbocycles. The molecule has 2 heteroatoms. The van der Waals surface area contributed by atoms with Crippen molar-refractivity contribution in [3.05, 3.63) is 35.6 Å². The molecule has 1 nitrogen and oxygen atoms in total. The topological polar surface area (TPSA) is 20.2 Å². The molecule has 0 aromatic heterocycles. The van der Waals surface area contributed by atoms with Crippen LogP contribution in [0.15, 0.2) is 24.3 Å². The van der Waals surface area contributed by atoms with Crippen LogP contribution < -0.4 is 0 Å². The molecule has 1 aromatic rings. The lowest BCUT2D eigenvalue weighted by Gasteiger charge is -2.37. The molecule has 0 spiro atoms. The van der Waals surface area contributed by atoms with Gasteiger partial charge in [0.05, 0.1) is 6.10 Å². The van der Waals surface area contributed by atoms with Crippen molar-refractivity contribution in [2.75, 3.05) is 0 Å². The number of rotatable bonds is 2. The van der Waals surface area contributed by atoms with E-state index in [-0.39, 0.29) is 11.9 Å². The van der Waals surface area contributed by atoms with Crippen molar-refractivity contribution in [1.82, 2.24) is 0 Å². The van der Waals surface area contributed by atoms with Gasteiger partial charge < -0.3 is 5.11 Å². The minimum Gasteiger partial charge on any atom is -0.393 e. The molecule has 2 fully saturated rings. The van der Waals surface area contributed by atoms with E-state index in [1.807, 2.05) is 12.1 Å². The molecule has 3 rings (SSSR count). The third-order valence-corrected chi connectivity index (χ3v) is 5.52. The summed E-state index contributed by atoms with van der Waals surface area (Å²) in [5.74, 6) is 2.19. The summed E-state index contributed by atoms with van der Waals surface area (Å²) in [6.07, 6.45) is 9.50. The summed E-state index contributed by atoms with van der Waals surface area (Å²) in [6.45, 7) is 0. The van der Waals surface area contributed by atoms with Gasteiger partial charge in [-0.1, -0.05) is 12.1 Å². The zero-order chi connectivity index (χ0) is 13.9. The number of hydrogen-bond donors (Lipinski definition) is 1. The first-order valence-corrected chi connectivity index (χ1v) is 8.16. The van der Waals surface area contributed by atoms with E-state index in [0.717, 1.165) is 24.7 Å². The highest BCUT2D eigenvalue weighted by molar-refractivity contribution is 5.20. The molecule has 2 aliphatic rings. The van der Waals surface area contributed by atoms with Gasteiger partial charge in [-0.25, -0.2) is 4.39 Å². The Bertz CT molecular complexity index is 412.